The number of carbonyl (C=O) groups is 1. The van der Waals surface area contributed by atoms with Crippen molar-refractivity contribution in [3.8, 4) is 10.6 Å². The molecule has 0 radical (unpaired) electrons. The summed E-state index contributed by atoms with van der Waals surface area (Å²) in [6.07, 6.45) is 0.511. The number of rotatable bonds is 6. The SMILES string of the molecule is Cc1ccc(-c2nc(CS[C@@H](C)C(=O)N[C@@H]3CCS(=O)(=O)C3)cs2)cc1. The molecule has 140 valence electrons. The first kappa shape index (κ1) is 19.4. The summed E-state index contributed by atoms with van der Waals surface area (Å²) in [6, 6.07) is 8.03. The maximum atomic E-state index is 12.2. The van der Waals surface area contributed by atoms with Crippen molar-refractivity contribution in [2.75, 3.05) is 11.5 Å². The van der Waals surface area contributed by atoms with Crippen LogP contribution in [0.2, 0.25) is 0 Å². The summed E-state index contributed by atoms with van der Waals surface area (Å²) in [7, 11) is -2.98. The minimum atomic E-state index is -2.98. The van der Waals surface area contributed by atoms with Gasteiger partial charge in [0, 0.05) is 22.7 Å². The van der Waals surface area contributed by atoms with E-state index in [1.165, 1.54) is 17.3 Å². The molecule has 0 aliphatic carbocycles. The van der Waals surface area contributed by atoms with Gasteiger partial charge in [-0.15, -0.1) is 23.1 Å². The van der Waals surface area contributed by atoms with Crippen LogP contribution in [0, 0.1) is 6.92 Å². The van der Waals surface area contributed by atoms with Gasteiger partial charge in [0.05, 0.1) is 22.4 Å². The van der Waals surface area contributed by atoms with Crippen LogP contribution in [0.15, 0.2) is 29.6 Å². The van der Waals surface area contributed by atoms with Gasteiger partial charge < -0.3 is 5.32 Å². The number of amides is 1. The van der Waals surface area contributed by atoms with Crippen LogP contribution in [0.4, 0.5) is 0 Å². The van der Waals surface area contributed by atoms with Crippen molar-refractivity contribution in [3.05, 3.63) is 40.9 Å². The first-order valence-electron chi connectivity index (χ1n) is 8.46. The van der Waals surface area contributed by atoms with Crippen molar-refractivity contribution in [2.45, 2.75) is 37.3 Å². The van der Waals surface area contributed by atoms with Gasteiger partial charge in [0.15, 0.2) is 9.84 Å². The van der Waals surface area contributed by atoms with Gasteiger partial charge in [-0.3, -0.25) is 4.79 Å². The molecule has 2 aromatic rings. The minimum Gasteiger partial charge on any atom is -0.351 e. The maximum absolute atomic E-state index is 12.2. The van der Waals surface area contributed by atoms with Crippen molar-refractivity contribution in [3.63, 3.8) is 0 Å². The topological polar surface area (TPSA) is 76.1 Å². The number of nitrogens with one attached hydrogen (secondary N) is 1. The van der Waals surface area contributed by atoms with Crippen molar-refractivity contribution in [2.24, 2.45) is 0 Å². The third-order valence-electron chi connectivity index (χ3n) is 4.28. The van der Waals surface area contributed by atoms with Gasteiger partial charge in [0.1, 0.15) is 5.01 Å². The van der Waals surface area contributed by atoms with E-state index >= 15 is 0 Å². The quantitative estimate of drug-likeness (QED) is 0.792. The Morgan fingerprint density at radius 2 is 2.12 bits per heavy atom. The highest BCUT2D eigenvalue weighted by Crippen LogP contribution is 2.27. The number of thioether (sulfide) groups is 1. The summed E-state index contributed by atoms with van der Waals surface area (Å²) in [5.74, 6) is 0.772. The molecule has 26 heavy (non-hydrogen) atoms. The second-order valence-corrected chi connectivity index (χ2v) is 11.0. The lowest BCUT2D eigenvalue weighted by atomic mass is 10.2. The van der Waals surface area contributed by atoms with E-state index < -0.39 is 9.84 Å². The monoisotopic (exact) mass is 410 g/mol. The Morgan fingerprint density at radius 1 is 1.38 bits per heavy atom. The molecule has 3 rings (SSSR count). The first-order chi connectivity index (χ1) is 12.3. The van der Waals surface area contributed by atoms with Crippen LogP contribution in [0.3, 0.4) is 0 Å². The lowest BCUT2D eigenvalue weighted by Crippen LogP contribution is -2.40. The van der Waals surface area contributed by atoms with Gasteiger partial charge in [-0.2, -0.15) is 0 Å². The van der Waals surface area contributed by atoms with Crippen LogP contribution in [0.5, 0.6) is 0 Å². The lowest BCUT2D eigenvalue weighted by Gasteiger charge is -2.15. The van der Waals surface area contributed by atoms with E-state index in [2.05, 4.69) is 41.5 Å². The van der Waals surface area contributed by atoms with Gasteiger partial charge in [-0.05, 0) is 20.3 Å². The van der Waals surface area contributed by atoms with E-state index in [1.807, 2.05) is 12.3 Å². The third-order valence-corrected chi connectivity index (χ3v) is 8.16. The molecule has 5 nitrogen and oxygen atoms in total. The summed E-state index contributed by atoms with van der Waals surface area (Å²) in [5, 5.41) is 5.61. The highest BCUT2D eigenvalue weighted by atomic mass is 32.2. The summed E-state index contributed by atoms with van der Waals surface area (Å²) in [5.41, 5.74) is 3.28. The lowest BCUT2D eigenvalue weighted by molar-refractivity contribution is -0.120. The number of hydrogen-bond donors (Lipinski definition) is 1. The van der Waals surface area contributed by atoms with Gasteiger partial charge in [0.25, 0.3) is 0 Å². The van der Waals surface area contributed by atoms with Gasteiger partial charge >= 0.3 is 0 Å². The van der Waals surface area contributed by atoms with Gasteiger partial charge in [-0.25, -0.2) is 13.4 Å². The molecule has 1 N–H and O–H groups in total. The molecule has 0 saturated carbocycles. The number of aryl methyl sites for hydroxylation is 1. The molecule has 1 aliphatic heterocycles. The first-order valence-corrected chi connectivity index (χ1v) is 12.2. The Morgan fingerprint density at radius 3 is 2.77 bits per heavy atom. The summed E-state index contributed by atoms with van der Waals surface area (Å²) in [4.78, 5) is 16.9. The van der Waals surface area contributed by atoms with Crippen LogP contribution in [0.25, 0.3) is 10.6 Å². The van der Waals surface area contributed by atoms with Crippen LogP contribution in [-0.2, 0) is 20.4 Å². The van der Waals surface area contributed by atoms with Crippen LogP contribution < -0.4 is 5.32 Å². The predicted octanol–water partition coefficient (Wildman–Crippen LogP) is 3.04. The molecular formula is C18H22N2O3S3. The third kappa shape index (κ3) is 5.08. The molecule has 2 heterocycles. The fourth-order valence-electron chi connectivity index (χ4n) is 2.72. The Kier molecular flexibility index (Phi) is 6.04. The zero-order valence-corrected chi connectivity index (χ0v) is 17.2. The predicted molar refractivity (Wildman–Crippen MR) is 108 cm³/mol. The smallest absolute Gasteiger partial charge is 0.233 e. The molecule has 2 atom stereocenters. The van der Waals surface area contributed by atoms with Gasteiger partial charge in [-0.1, -0.05) is 29.8 Å². The van der Waals surface area contributed by atoms with Crippen molar-refractivity contribution >= 4 is 38.8 Å². The zero-order valence-electron chi connectivity index (χ0n) is 14.8. The number of benzene rings is 1. The highest BCUT2D eigenvalue weighted by molar-refractivity contribution is 7.99. The summed E-state index contributed by atoms with van der Waals surface area (Å²) < 4.78 is 23.0. The molecule has 0 spiro atoms. The fraction of sp³-hybridized carbons (Fsp3) is 0.444. The van der Waals surface area contributed by atoms with Crippen molar-refractivity contribution in [1.29, 1.82) is 0 Å². The average molecular weight is 411 g/mol. The average Bonchev–Trinajstić information content (AvgIpc) is 3.19. The maximum Gasteiger partial charge on any atom is 0.233 e. The largest absolute Gasteiger partial charge is 0.351 e. The van der Waals surface area contributed by atoms with Crippen LogP contribution in [-0.4, -0.2) is 42.1 Å². The van der Waals surface area contributed by atoms with Crippen molar-refractivity contribution < 1.29 is 13.2 Å². The van der Waals surface area contributed by atoms with E-state index in [0.717, 1.165) is 16.3 Å². The number of thiazole rings is 1. The Bertz CT molecular complexity index is 875. The van der Waals surface area contributed by atoms with E-state index in [9.17, 15) is 13.2 Å². The Hall–Kier alpha value is -1.38. The van der Waals surface area contributed by atoms with Crippen LogP contribution >= 0.6 is 23.1 Å². The molecule has 8 heteroatoms. The summed E-state index contributed by atoms with van der Waals surface area (Å²) >= 11 is 3.12. The molecule has 1 aromatic carbocycles. The standard InChI is InChI=1S/C18H22N2O3S3/c1-12-3-5-14(6-4-12)18-20-16(10-25-18)9-24-13(2)17(21)19-15-7-8-26(22,23)11-15/h3-6,10,13,15H,7-9,11H2,1-2H3,(H,19,21)/t13-,15+/m0/s1. The minimum absolute atomic E-state index is 0.0577. The fourth-order valence-corrected chi connectivity index (χ4v) is 6.11. The second kappa shape index (κ2) is 8.10. The zero-order chi connectivity index (χ0) is 18.7. The van der Waals surface area contributed by atoms with Gasteiger partial charge in [0.2, 0.25) is 5.91 Å². The molecule has 1 aliphatic rings. The molecule has 1 amide bonds. The van der Waals surface area contributed by atoms with Crippen molar-refractivity contribution in [1.82, 2.24) is 10.3 Å². The van der Waals surface area contributed by atoms with E-state index in [0.29, 0.717) is 12.2 Å². The number of hydrogen-bond acceptors (Lipinski definition) is 6. The Labute approximate surface area is 162 Å². The molecule has 1 fully saturated rings. The van der Waals surface area contributed by atoms with Crippen LogP contribution in [0.1, 0.15) is 24.6 Å². The highest BCUT2D eigenvalue weighted by Gasteiger charge is 2.30. The molecular weight excluding hydrogens is 388 g/mol. The summed E-state index contributed by atoms with van der Waals surface area (Å²) in [6.45, 7) is 3.90. The molecule has 0 unspecified atom stereocenters. The van der Waals surface area contributed by atoms with E-state index in [4.69, 9.17) is 0 Å². The number of nitrogens with zero attached hydrogens (tertiary/aromatic N) is 1. The van der Waals surface area contributed by atoms with E-state index in [1.54, 1.807) is 11.3 Å². The number of sulfone groups is 1. The number of carbonyl (C=O) groups excluding carboxylic acids is 1. The number of aromatic nitrogens is 1. The Balaban J connectivity index is 1.51. The molecule has 1 saturated heterocycles. The van der Waals surface area contributed by atoms with E-state index in [-0.39, 0.29) is 28.7 Å². The second-order valence-electron chi connectivity index (χ2n) is 6.57. The molecule has 1 aromatic heterocycles. The molecule has 0 bridgehead atoms. The normalized spacial score (nSPS) is 20.0.